The van der Waals surface area contributed by atoms with E-state index in [2.05, 4.69) is 317 Å². The van der Waals surface area contributed by atoms with Crippen LogP contribution in [0.2, 0.25) is 0 Å². The van der Waals surface area contributed by atoms with Gasteiger partial charge in [0.15, 0.2) is 0 Å². The molecule has 0 N–H and O–H groups in total. The lowest BCUT2D eigenvalue weighted by Crippen LogP contribution is -2.23. The summed E-state index contributed by atoms with van der Waals surface area (Å²) < 4.78 is 0. The molecule has 2 nitrogen and oxygen atoms in total. The Morgan fingerprint density at radius 2 is 0.779 bits per heavy atom. The molecule has 2 unspecified atom stereocenters. The molecule has 13 aromatic carbocycles. The number of fused-ring (bicyclic) bond motifs is 11. The summed E-state index contributed by atoms with van der Waals surface area (Å²) in [6.45, 7) is 9.81. The Kier molecular flexibility index (Phi) is 11.3. The van der Waals surface area contributed by atoms with Crippen molar-refractivity contribution in [2.24, 2.45) is 17.3 Å². The van der Waals surface area contributed by atoms with Crippen molar-refractivity contribution in [3.05, 3.63) is 307 Å². The Labute approximate surface area is 503 Å². The summed E-state index contributed by atoms with van der Waals surface area (Å²) in [5.74, 6) is 0.860. The van der Waals surface area contributed by atoms with Crippen molar-refractivity contribution in [3.8, 4) is 22.3 Å². The van der Waals surface area contributed by atoms with Gasteiger partial charge in [-0.25, -0.2) is 0 Å². The number of rotatable bonds is 8. The molecular formula is C84H64N2. The van der Waals surface area contributed by atoms with Crippen LogP contribution in [0.15, 0.2) is 290 Å². The highest BCUT2D eigenvalue weighted by Gasteiger charge is 2.46. The van der Waals surface area contributed by atoms with E-state index in [1.54, 1.807) is 5.57 Å². The van der Waals surface area contributed by atoms with Crippen molar-refractivity contribution in [2.75, 3.05) is 9.80 Å². The Morgan fingerprint density at radius 3 is 1.31 bits per heavy atom. The zero-order valence-electron chi connectivity index (χ0n) is 49.0. The van der Waals surface area contributed by atoms with Gasteiger partial charge in [-0.05, 0) is 218 Å². The summed E-state index contributed by atoms with van der Waals surface area (Å²) in [4.78, 5) is 4.98. The second kappa shape index (κ2) is 19.3. The van der Waals surface area contributed by atoms with Crippen molar-refractivity contribution < 1.29 is 0 Å². The van der Waals surface area contributed by atoms with Crippen LogP contribution in [0.5, 0.6) is 0 Å². The third-order valence-electron chi connectivity index (χ3n) is 20.2. The summed E-state index contributed by atoms with van der Waals surface area (Å²) in [5, 5.41) is 14.8. The molecule has 0 radical (unpaired) electrons. The molecule has 0 amide bonds. The monoisotopic (exact) mass is 1100 g/mol. The standard InChI is InChI=1S/C84H64N2/c1-83(2)77-27-15-13-25-69(77)71-41-33-61(49-79(71)83)81-73-43-39-68(86(65-37-31-55-19-7-11-23-59(55)47-65)66-38-32-56-20-8-12-24-60(56)48-66)52-76(73)82(62-34-42-72-70-26-14-16-28-78(70)84(3,4)80(72)50-62)74-44-40-67(51-75(74)81)85(63-35-29-53-17-5-9-21-57(53)45-63)64-36-30-54-18-6-10-22-58(54)46-64/h5-33,35-41,43-52,70,78H,34,42H2,1-4H3. The summed E-state index contributed by atoms with van der Waals surface area (Å²) in [5.41, 5.74) is 20.2. The fourth-order valence-corrected chi connectivity index (χ4v) is 15.9. The molecule has 4 aliphatic carbocycles. The molecule has 410 valence electrons. The van der Waals surface area contributed by atoms with Crippen molar-refractivity contribution in [1.82, 2.24) is 0 Å². The highest BCUT2D eigenvalue weighted by molar-refractivity contribution is 6.21. The number of nitrogens with zero attached hydrogens (tertiary/aromatic N) is 2. The van der Waals surface area contributed by atoms with Gasteiger partial charge in [0.1, 0.15) is 0 Å². The van der Waals surface area contributed by atoms with E-state index in [9.17, 15) is 0 Å². The largest absolute Gasteiger partial charge is 0.310 e. The second-order valence-electron chi connectivity index (χ2n) is 25.6. The van der Waals surface area contributed by atoms with E-state index in [1.165, 1.54) is 115 Å². The Hall–Kier alpha value is -10.0. The normalized spacial score (nSPS) is 17.1. The molecule has 13 aromatic rings. The van der Waals surface area contributed by atoms with Crippen LogP contribution >= 0.6 is 0 Å². The molecule has 2 heteroatoms. The maximum atomic E-state index is 2.66. The number of hydrogen-bond donors (Lipinski definition) is 0. The van der Waals surface area contributed by atoms with Gasteiger partial charge in [-0.3, -0.25) is 0 Å². The third kappa shape index (κ3) is 7.85. The molecule has 0 aliphatic heterocycles. The maximum Gasteiger partial charge on any atom is 0.0468 e. The molecule has 0 saturated heterocycles. The molecular weight excluding hydrogens is 1040 g/mol. The highest BCUT2D eigenvalue weighted by atomic mass is 15.1. The molecule has 0 heterocycles. The smallest absolute Gasteiger partial charge is 0.0468 e. The third-order valence-corrected chi connectivity index (χ3v) is 20.2. The number of hydrogen-bond acceptors (Lipinski definition) is 2. The Bertz CT molecular complexity index is 5000. The average molecular weight is 1100 g/mol. The Morgan fingerprint density at radius 1 is 0.349 bits per heavy atom. The number of anilines is 6. The summed E-state index contributed by atoms with van der Waals surface area (Å²) in [6.07, 6.45) is 14.2. The lowest BCUT2D eigenvalue weighted by molar-refractivity contribution is 0.320. The SMILES string of the molecule is CC1(C)c2ccccc2-c2ccc(-c3c4ccc(N(c5ccc6ccccc6c5)c5ccc6ccccc6c5)cc4c(C4=CC5=C(CC4)C4C=CC=CC4C5(C)C)c4ccc(N(c5ccc6ccccc6c5)c5ccc6ccccc6c5)cc34)cc21. The minimum Gasteiger partial charge on any atom is -0.310 e. The average Bonchev–Trinajstić information content (AvgIpc) is 1.39. The minimum absolute atomic E-state index is 0.0330. The minimum atomic E-state index is -0.191. The van der Waals surface area contributed by atoms with Gasteiger partial charge in [-0.15, -0.1) is 0 Å². The molecule has 0 bridgehead atoms. The van der Waals surface area contributed by atoms with Gasteiger partial charge in [0.25, 0.3) is 0 Å². The van der Waals surface area contributed by atoms with Crippen LogP contribution in [0.3, 0.4) is 0 Å². The zero-order valence-corrected chi connectivity index (χ0v) is 49.0. The van der Waals surface area contributed by atoms with E-state index >= 15 is 0 Å². The molecule has 0 fully saturated rings. The molecule has 0 aromatic heterocycles. The van der Waals surface area contributed by atoms with E-state index in [0.29, 0.717) is 11.8 Å². The molecule has 0 saturated carbocycles. The van der Waals surface area contributed by atoms with Gasteiger partial charge in [0.05, 0.1) is 0 Å². The predicted molar refractivity (Wildman–Crippen MR) is 367 cm³/mol. The zero-order chi connectivity index (χ0) is 57.4. The van der Waals surface area contributed by atoms with Crippen molar-refractivity contribution in [3.63, 3.8) is 0 Å². The molecule has 0 spiro atoms. The van der Waals surface area contributed by atoms with Crippen molar-refractivity contribution in [2.45, 2.75) is 46.0 Å². The van der Waals surface area contributed by atoms with Crippen LogP contribution in [-0.2, 0) is 5.41 Å². The van der Waals surface area contributed by atoms with Crippen molar-refractivity contribution in [1.29, 1.82) is 0 Å². The highest BCUT2D eigenvalue weighted by Crippen LogP contribution is 2.59. The quantitative estimate of drug-likeness (QED) is 0.140. The first kappa shape index (κ1) is 50.5. The predicted octanol–water partition coefficient (Wildman–Crippen LogP) is 23.4. The fourth-order valence-electron chi connectivity index (χ4n) is 15.9. The molecule has 4 aliphatic rings. The summed E-state index contributed by atoms with van der Waals surface area (Å²) in [7, 11) is 0. The second-order valence-corrected chi connectivity index (χ2v) is 25.6. The lowest BCUT2D eigenvalue weighted by Gasteiger charge is -2.31. The number of benzene rings is 13. The lowest BCUT2D eigenvalue weighted by atomic mass is 9.72. The topological polar surface area (TPSA) is 6.48 Å². The van der Waals surface area contributed by atoms with E-state index in [1.807, 2.05) is 0 Å². The molecule has 17 rings (SSSR count). The van der Waals surface area contributed by atoms with Crippen LogP contribution in [-0.4, -0.2) is 0 Å². The van der Waals surface area contributed by atoms with E-state index in [0.717, 1.165) is 47.0 Å². The van der Waals surface area contributed by atoms with Crippen LogP contribution in [0.1, 0.15) is 57.2 Å². The van der Waals surface area contributed by atoms with Gasteiger partial charge >= 0.3 is 0 Å². The van der Waals surface area contributed by atoms with Crippen LogP contribution in [0, 0.1) is 17.3 Å². The van der Waals surface area contributed by atoms with Crippen LogP contribution in [0.25, 0.3) is 92.5 Å². The van der Waals surface area contributed by atoms with Gasteiger partial charge in [-0.2, -0.15) is 0 Å². The maximum absolute atomic E-state index is 2.66. The first-order chi connectivity index (χ1) is 42.1. The van der Waals surface area contributed by atoms with Gasteiger partial charge < -0.3 is 9.80 Å². The van der Waals surface area contributed by atoms with E-state index < -0.39 is 0 Å². The summed E-state index contributed by atoms with van der Waals surface area (Å²) >= 11 is 0. The number of allylic oxidation sites excluding steroid dienone is 8. The van der Waals surface area contributed by atoms with Gasteiger partial charge in [-0.1, -0.05) is 234 Å². The van der Waals surface area contributed by atoms with Crippen LogP contribution in [0.4, 0.5) is 34.1 Å². The Balaban J connectivity index is 0.978. The fraction of sp³-hybridized carbons (Fsp3) is 0.119. The van der Waals surface area contributed by atoms with Crippen molar-refractivity contribution >= 4 is 104 Å². The van der Waals surface area contributed by atoms with Gasteiger partial charge in [0.2, 0.25) is 0 Å². The molecule has 86 heavy (non-hydrogen) atoms. The first-order valence-corrected chi connectivity index (χ1v) is 30.8. The van der Waals surface area contributed by atoms with E-state index in [4.69, 9.17) is 0 Å². The summed E-state index contributed by atoms with van der Waals surface area (Å²) in [6, 6.07) is 94.1. The molecule has 2 atom stereocenters. The first-order valence-electron chi connectivity index (χ1n) is 30.8. The van der Waals surface area contributed by atoms with E-state index in [-0.39, 0.29) is 10.8 Å². The van der Waals surface area contributed by atoms with Crippen LogP contribution < -0.4 is 9.80 Å². The van der Waals surface area contributed by atoms with Gasteiger partial charge in [0, 0.05) is 45.5 Å².